The molecule has 1 aliphatic rings. The minimum absolute atomic E-state index is 0.0484. The number of amides is 1. The normalized spacial score (nSPS) is 17.3. The van der Waals surface area contributed by atoms with Gasteiger partial charge in [0.05, 0.1) is 10.7 Å². The third-order valence-electron chi connectivity index (χ3n) is 4.94. The second-order valence-corrected chi connectivity index (χ2v) is 7.50. The van der Waals surface area contributed by atoms with Crippen LogP contribution in [0.15, 0.2) is 42.5 Å². The number of hydrogen-bond donors (Lipinski definition) is 0. The number of nitrogens with zero attached hydrogens (tertiary/aromatic N) is 2. The van der Waals surface area contributed by atoms with Gasteiger partial charge in [0.2, 0.25) is 0 Å². The number of carbonyl (C=O) groups is 1. The van der Waals surface area contributed by atoms with Gasteiger partial charge in [-0.05, 0) is 44.0 Å². The third kappa shape index (κ3) is 4.42. The molecule has 0 radical (unpaired) electrons. The molecule has 0 spiro atoms. The molecule has 6 heteroatoms. The smallest absolute Gasteiger partial charge is 0.414 e. The summed E-state index contributed by atoms with van der Waals surface area (Å²) >= 11 is 5.93. The molecular weight excluding hydrogens is 367 g/mol. The maximum absolute atomic E-state index is 13.5. The average Bonchev–Trinajstić information content (AvgIpc) is 3.12. The summed E-state index contributed by atoms with van der Waals surface area (Å²) in [4.78, 5) is 16.5. The Bertz CT molecular complexity index is 828. The van der Waals surface area contributed by atoms with Gasteiger partial charge in [-0.3, -0.25) is 9.80 Å². The van der Waals surface area contributed by atoms with Crippen LogP contribution in [-0.4, -0.2) is 43.3 Å². The molecule has 1 heterocycles. The van der Waals surface area contributed by atoms with Gasteiger partial charge in [-0.1, -0.05) is 35.9 Å². The van der Waals surface area contributed by atoms with Gasteiger partial charge in [-0.25, -0.2) is 9.18 Å². The van der Waals surface area contributed by atoms with Gasteiger partial charge in [0.15, 0.2) is 0 Å². The molecule has 0 unspecified atom stereocenters. The summed E-state index contributed by atoms with van der Waals surface area (Å²) in [5, 5.41) is 0.0484. The van der Waals surface area contributed by atoms with Crippen molar-refractivity contribution in [2.24, 2.45) is 0 Å². The number of likely N-dealkylation sites (tertiary alicyclic amines) is 1. The van der Waals surface area contributed by atoms with E-state index in [2.05, 4.69) is 18.7 Å². The van der Waals surface area contributed by atoms with Crippen molar-refractivity contribution in [2.75, 3.05) is 25.0 Å². The van der Waals surface area contributed by atoms with Crippen LogP contribution < -0.4 is 4.90 Å². The SMILES string of the molecule is CC(C)N1CC[C@@H](OC(=O)N(C)c2ccccc2-c2ccc(F)c(Cl)c2)C1. The topological polar surface area (TPSA) is 32.8 Å². The summed E-state index contributed by atoms with van der Waals surface area (Å²) in [6.45, 7) is 5.97. The molecule has 4 nitrogen and oxygen atoms in total. The first-order valence-electron chi connectivity index (χ1n) is 9.09. The van der Waals surface area contributed by atoms with E-state index in [1.165, 1.54) is 11.0 Å². The molecule has 0 N–H and O–H groups in total. The van der Waals surface area contributed by atoms with Crippen molar-refractivity contribution in [3.05, 3.63) is 53.3 Å². The van der Waals surface area contributed by atoms with Gasteiger partial charge >= 0.3 is 6.09 Å². The van der Waals surface area contributed by atoms with E-state index in [1.54, 1.807) is 19.2 Å². The molecule has 1 aliphatic heterocycles. The van der Waals surface area contributed by atoms with E-state index in [1.807, 2.05) is 24.3 Å². The molecule has 1 amide bonds. The Morgan fingerprint density at radius 3 is 2.70 bits per heavy atom. The summed E-state index contributed by atoms with van der Waals surface area (Å²) in [5.74, 6) is -0.471. The second-order valence-electron chi connectivity index (χ2n) is 7.09. The van der Waals surface area contributed by atoms with Crippen molar-refractivity contribution in [3.63, 3.8) is 0 Å². The minimum atomic E-state index is -0.471. The minimum Gasteiger partial charge on any atom is -0.444 e. The number of benzene rings is 2. The number of anilines is 1. The molecular formula is C21H24ClFN2O2. The summed E-state index contributed by atoms with van der Waals surface area (Å²) in [6, 6.07) is 12.4. The van der Waals surface area contributed by atoms with Crippen LogP contribution >= 0.6 is 11.6 Å². The summed E-state index contributed by atoms with van der Waals surface area (Å²) in [7, 11) is 1.68. The Morgan fingerprint density at radius 1 is 1.30 bits per heavy atom. The van der Waals surface area contributed by atoms with Gasteiger partial charge in [0.1, 0.15) is 11.9 Å². The number of hydrogen-bond acceptors (Lipinski definition) is 3. The fourth-order valence-electron chi connectivity index (χ4n) is 3.31. The maximum Gasteiger partial charge on any atom is 0.414 e. The maximum atomic E-state index is 13.5. The lowest BCUT2D eigenvalue weighted by Gasteiger charge is -2.23. The standard InChI is InChI=1S/C21H24ClFN2O2/c1-14(2)25-11-10-16(13-25)27-21(26)24(3)20-7-5-4-6-17(20)15-8-9-19(23)18(22)12-15/h4-9,12,14,16H,10-11,13H2,1-3H3/t16-/m1/s1. The number of rotatable bonds is 4. The monoisotopic (exact) mass is 390 g/mol. The van der Waals surface area contributed by atoms with Crippen molar-refractivity contribution in [1.29, 1.82) is 0 Å². The first-order chi connectivity index (χ1) is 12.9. The van der Waals surface area contributed by atoms with Crippen LogP contribution in [0.5, 0.6) is 0 Å². The van der Waals surface area contributed by atoms with Crippen LogP contribution in [0.2, 0.25) is 5.02 Å². The average molecular weight is 391 g/mol. The predicted octanol–water partition coefficient (Wildman–Crippen LogP) is 5.20. The highest BCUT2D eigenvalue weighted by Gasteiger charge is 2.28. The highest BCUT2D eigenvalue weighted by molar-refractivity contribution is 6.31. The zero-order valence-corrected chi connectivity index (χ0v) is 16.5. The Labute approximate surface area is 164 Å². The zero-order chi connectivity index (χ0) is 19.6. The van der Waals surface area contributed by atoms with Gasteiger partial charge in [-0.2, -0.15) is 0 Å². The van der Waals surface area contributed by atoms with E-state index in [0.717, 1.165) is 30.6 Å². The van der Waals surface area contributed by atoms with Crippen LogP contribution in [0.4, 0.5) is 14.9 Å². The molecule has 3 rings (SSSR count). The molecule has 0 aromatic heterocycles. The molecule has 144 valence electrons. The van der Waals surface area contributed by atoms with E-state index in [9.17, 15) is 9.18 Å². The van der Waals surface area contributed by atoms with Crippen molar-refractivity contribution in [3.8, 4) is 11.1 Å². The van der Waals surface area contributed by atoms with Gasteiger partial charge in [0, 0.05) is 31.7 Å². The summed E-state index contributed by atoms with van der Waals surface area (Å²) in [5.41, 5.74) is 2.21. The van der Waals surface area contributed by atoms with E-state index in [4.69, 9.17) is 16.3 Å². The highest BCUT2D eigenvalue weighted by Crippen LogP contribution is 2.33. The van der Waals surface area contributed by atoms with E-state index in [-0.39, 0.29) is 11.1 Å². The predicted molar refractivity (Wildman–Crippen MR) is 107 cm³/mol. The molecule has 27 heavy (non-hydrogen) atoms. The van der Waals surface area contributed by atoms with Crippen molar-refractivity contribution in [2.45, 2.75) is 32.4 Å². The molecule has 1 fully saturated rings. The Balaban J connectivity index is 1.78. The van der Waals surface area contributed by atoms with Crippen molar-refractivity contribution >= 4 is 23.4 Å². The fourth-order valence-corrected chi connectivity index (χ4v) is 3.49. The van der Waals surface area contributed by atoms with Crippen LogP contribution in [0.3, 0.4) is 0 Å². The lowest BCUT2D eigenvalue weighted by atomic mass is 10.0. The largest absolute Gasteiger partial charge is 0.444 e. The van der Waals surface area contributed by atoms with Gasteiger partial charge < -0.3 is 4.74 Å². The Hall–Kier alpha value is -2.11. The third-order valence-corrected chi connectivity index (χ3v) is 5.23. The van der Waals surface area contributed by atoms with Crippen molar-refractivity contribution in [1.82, 2.24) is 4.90 Å². The first-order valence-corrected chi connectivity index (χ1v) is 9.47. The van der Waals surface area contributed by atoms with Gasteiger partial charge in [-0.15, -0.1) is 0 Å². The van der Waals surface area contributed by atoms with E-state index in [0.29, 0.717) is 11.7 Å². The fraction of sp³-hybridized carbons (Fsp3) is 0.381. The second kappa shape index (κ2) is 8.28. The van der Waals surface area contributed by atoms with E-state index < -0.39 is 11.9 Å². The van der Waals surface area contributed by atoms with E-state index >= 15 is 0 Å². The van der Waals surface area contributed by atoms with Crippen LogP contribution in [0.25, 0.3) is 11.1 Å². The number of para-hydroxylation sites is 1. The Morgan fingerprint density at radius 2 is 2.04 bits per heavy atom. The molecule has 1 saturated heterocycles. The number of ether oxygens (including phenoxy) is 1. The lowest BCUT2D eigenvalue weighted by Crippen LogP contribution is -2.34. The zero-order valence-electron chi connectivity index (χ0n) is 15.8. The molecule has 0 aliphatic carbocycles. The molecule has 2 aromatic rings. The first kappa shape index (κ1) is 19.6. The number of carbonyl (C=O) groups excluding carboxylic acids is 1. The van der Waals surface area contributed by atoms with Crippen LogP contribution in [-0.2, 0) is 4.74 Å². The highest BCUT2D eigenvalue weighted by atomic mass is 35.5. The lowest BCUT2D eigenvalue weighted by molar-refractivity contribution is 0.105. The number of halogens is 2. The van der Waals surface area contributed by atoms with Crippen LogP contribution in [0, 0.1) is 5.82 Å². The molecule has 0 saturated carbocycles. The molecule has 0 bridgehead atoms. The summed E-state index contributed by atoms with van der Waals surface area (Å²) < 4.78 is 19.2. The quantitative estimate of drug-likeness (QED) is 0.719. The molecule has 1 atom stereocenters. The van der Waals surface area contributed by atoms with Crippen LogP contribution in [0.1, 0.15) is 20.3 Å². The summed E-state index contributed by atoms with van der Waals surface area (Å²) in [6.07, 6.45) is 0.341. The molecule has 2 aromatic carbocycles. The Kier molecular flexibility index (Phi) is 6.02. The van der Waals surface area contributed by atoms with Crippen molar-refractivity contribution < 1.29 is 13.9 Å². The van der Waals surface area contributed by atoms with Gasteiger partial charge in [0.25, 0.3) is 0 Å².